The SMILES string of the molecule is CNC(=O)c1cccc(C(=O)N[C@H]2CCCCC[C@H]2C(=O)O)c1. The minimum absolute atomic E-state index is 0.266. The van der Waals surface area contributed by atoms with E-state index in [1.807, 2.05) is 0 Å². The molecule has 6 nitrogen and oxygen atoms in total. The van der Waals surface area contributed by atoms with Gasteiger partial charge in [0.2, 0.25) is 0 Å². The van der Waals surface area contributed by atoms with E-state index in [0.29, 0.717) is 24.0 Å². The molecular formula is C17H22N2O4. The lowest BCUT2D eigenvalue weighted by atomic mass is 9.94. The Morgan fingerprint density at radius 2 is 1.70 bits per heavy atom. The summed E-state index contributed by atoms with van der Waals surface area (Å²) in [5.41, 5.74) is 0.760. The van der Waals surface area contributed by atoms with Crippen LogP contribution in [0.25, 0.3) is 0 Å². The highest BCUT2D eigenvalue weighted by Gasteiger charge is 2.30. The van der Waals surface area contributed by atoms with Crippen LogP contribution >= 0.6 is 0 Å². The number of benzene rings is 1. The van der Waals surface area contributed by atoms with Gasteiger partial charge in [-0.25, -0.2) is 0 Å². The van der Waals surface area contributed by atoms with Crippen LogP contribution in [0.3, 0.4) is 0 Å². The van der Waals surface area contributed by atoms with Crippen LogP contribution in [0.15, 0.2) is 24.3 Å². The highest BCUT2D eigenvalue weighted by molar-refractivity contribution is 5.99. The standard InChI is InChI=1S/C17H22N2O4/c1-18-15(20)11-6-5-7-12(10-11)16(21)19-14-9-4-2-3-8-13(14)17(22)23/h5-7,10,13-14H,2-4,8-9H2,1H3,(H,18,20)(H,19,21)(H,22,23)/t13-,14+/m1/s1. The Morgan fingerprint density at radius 3 is 2.35 bits per heavy atom. The molecule has 124 valence electrons. The van der Waals surface area contributed by atoms with E-state index in [4.69, 9.17) is 0 Å². The molecule has 0 saturated heterocycles. The smallest absolute Gasteiger partial charge is 0.308 e. The van der Waals surface area contributed by atoms with Gasteiger partial charge < -0.3 is 15.7 Å². The van der Waals surface area contributed by atoms with Crippen molar-refractivity contribution in [2.24, 2.45) is 5.92 Å². The van der Waals surface area contributed by atoms with Crippen molar-refractivity contribution in [1.82, 2.24) is 10.6 Å². The fraction of sp³-hybridized carbons (Fsp3) is 0.471. The van der Waals surface area contributed by atoms with E-state index in [1.165, 1.54) is 13.1 Å². The van der Waals surface area contributed by atoms with Gasteiger partial charge in [-0.1, -0.05) is 25.3 Å². The van der Waals surface area contributed by atoms with Gasteiger partial charge in [0.05, 0.1) is 5.92 Å². The molecule has 0 heterocycles. The Labute approximate surface area is 135 Å². The third-order valence-electron chi connectivity index (χ3n) is 4.26. The van der Waals surface area contributed by atoms with Crippen molar-refractivity contribution >= 4 is 17.8 Å². The first-order valence-corrected chi connectivity index (χ1v) is 7.88. The number of hydrogen-bond donors (Lipinski definition) is 3. The lowest BCUT2D eigenvalue weighted by Gasteiger charge is -2.23. The van der Waals surface area contributed by atoms with Crippen LogP contribution in [-0.4, -0.2) is 36.0 Å². The highest BCUT2D eigenvalue weighted by atomic mass is 16.4. The van der Waals surface area contributed by atoms with Gasteiger partial charge in [-0.3, -0.25) is 14.4 Å². The zero-order valence-electron chi connectivity index (χ0n) is 13.2. The van der Waals surface area contributed by atoms with Gasteiger partial charge in [0.15, 0.2) is 0 Å². The summed E-state index contributed by atoms with van der Waals surface area (Å²) in [6.45, 7) is 0. The number of aliphatic carboxylic acids is 1. The molecule has 1 aliphatic carbocycles. The second-order valence-electron chi connectivity index (χ2n) is 5.82. The average molecular weight is 318 g/mol. The molecule has 0 bridgehead atoms. The summed E-state index contributed by atoms with van der Waals surface area (Å²) in [5, 5.41) is 14.7. The van der Waals surface area contributed by atoms with E-state index in [0.717, 1.165) is 19.3 Å². The van der Waals surface area contributed by atoms with Crippen molar-refractivity contribution < 1.29 is 19.5 Å². The summed E-state index contributed by atoms with van der Waals surface area (Å²) in [6.07, 6.45) is 4.02. The molecule has 2 rings (SSSR count). The Hall–Kier alpha value is -2.37. The van der Waals surface area contributed by atoms with Crippen molar-refractivity contribution in [3.63, 3.8) is 0 Å². The van der Waals surface area contributed by atoms with E-state index >= 15 is 0 Å². The van der Waals surface area contributed by atoms with E-state index in [9.17, 15) is 19.5 Å². The first-order chi connectivity index (χ1) is 11.0. The Kier molecular flexibility index (Phi) is 5.73. The number of carboxylic acids is 1. The Bertz CT molecular complexity index is 600. The normalized spacial score (nSPS) is 21.1. The van der Waals surface area contributed by atoms with Crippen LogP contribution in [0.1, 0.15) is 52.8 Å². The van der Waals surface area contributed by atoms with E-state index in [-0.39, 0.29) is 17.9 Å². The molecule has 3 N–H and O–H groups in total. The number of rotatable bonds is 4. The molecule has 0 spiro atoms. The van der Waals surface area contributed by atoms with E-state index in [1.54, 1.807) is 18.2 Å². The summed E-state index contributed by atoms with van der Waals surface area (Å²) in [6, 6.07) is 6.03. The van der Waals surface area contributed by atoms with Crippen molar-refractivity contribution in [2.75, 3.05) is 7.05 Å². The van der Waals surface area contributed by atoms with Crippen molar-refractivity contribution in [2.45, 2.75) is 38.1 Å². The lowest BCUT2D eigenvalue weighted by molar-refractivity contribution is -0.142. The molecule has 1 aromatic carbocycles. The third-order valence-corrected chi connectivity index (χ3v) is 4.26. The van der Waals surface area contributed by atoms with Crippen LogP contribution in [0, 0.1) is 5.92 Å². The fourth-order valence-electron chi connectivity index (χ4n) is 2.97. The van der Waals surface area contributed by atoms with Gasteiger partial charge >= 0.3 is 5.97 Å². The zero-order chi connectivity index (χ0) is 16.8. The molecule has 1 aliphatic rings. The topological polar surface area (TPSA) is 95.5 Å². The van der Waals surface area contributed by atoms with Crippen LogP contribution in [0.4, 0.5) is 0 Å². The van der Waals surface area contributed by atoms with Crippen LogP contribution in [-0.2, 0) is 4.79 Å². The molecule has 1 fully saturated rings. The number of amides is 2. The molecule has 1 saturated carbocycles. The van der Waals surface area contributed by atoms with Crippen LogP contribution in [0.5, 0.6) is 0 Å². The van der Waals surface area contributed by atoms with Gasteiger partial charge in [-0.15, -0.1) is 0 Å². The molecule has 6 heteroatoms. The summed E-state index contributed by atoms with van der Waals surface area (Å²) < 4.78 is 0. The first kappa shape index (κ1) is 17.0. The number of hydrogen-bond acceptors (Lipinski definition) is 3. The van der Waals surface area contributed by atoms with Crippen molar-refractivity contribution in [1.29, 1.82) is 0 Å². The number of carboxylic acid groups (broad SMARTS) is 1. The molecule has 2 amide bonds. The van der Waals surface area contributed by atoms with Gasteiger partial charge in [-0.2, -0.15) is 0 Å². The number of nitrogens with one attached hydrogen (secondary N) is 2. The summed E-state index contributed by atoms with van der Waals surface area (Å²) in [5.74, 6) is -2.02. The monoisotopic (exact) mass is 318 g/mol. The predicted octanol–water partition coefficient (Wildman–Crippen LogP) is 1.81. The largest absolute Gasteiger partial charge is 0.481 e. The lowest BCUT2D eigenvalue weighted by Crippen LogP contribution is -2.42. The third kappa shape index (κ3) is 4.31. The second kappa shape index (κ2) is 7.76. The molecule has 23 heavy (non-hydrogen) atoms. The van der Waals surface area contributed by atoms with Gasteiger partial charge in [0, 0.05) is 24.2 Å². The summed E-state index contributed by atoms with van der Waals surface area (Å²) in [4.78, 5) is 35.5. The van der Waals surface area contributed by atoms with E-state index < -0.39 is 11.9 Å². The summed E-state index contributed by atoms with van der Waals surface area (Å²) in [7, 11) is 1.53. The molecule has 0 unspecified atom stereocenters. The van der Waals surface area contributed by atoms with Crippen molar-refractivity contribution in [3.8, 4) is 0 Å². The Morgan fingerprint density at radius 1 is 1.04 bits per heavy atom. The molecule has 1 aromatic rings. The van der Waals surface area contributed by atoms with Gasteiger partial charge in [0.25, 0.3) is 11.8 Å². The number of carbonyl (C=O) groups is 3. The quantitative estimate of drug-likeness (QED) is 0.738. The summed E-state index contributed by atoms with van der Waals surface area (Å²) >= 11 is 0. The minimum Gasteiger partial charge on any atom is -0.481 e. The Balaban J connectivity index is 2.13. The minimum atomic E-state index is -0.865. The molecule has 0 aromatic heterocycles. The second-order valence-corrected chi connectivity index (χ2v) is 5.82. The zero-order valence-corrected chi connectivity index (χ0v) is 13.2. The van der Waals surface area contributed by atoms with Gasteiger partial charge in [-0.05, 0) is 31.0 Å². The molecule has 0 radical (unpaired) electrons. The van der Waals surface area contributed by atoms with Crippen LogP contribution in [0.2, 0.25) is 0 Å². The average Bonchev–Trinajstić information content (AvgIpc) is 2.79. The van der Waals surface area contributed by atoms with Crippen LogP contribution < -0.4 is 10.6 Å². The predicted molar refractivity (Wildman–Crippen MR) is 85.3 cm³/mol. The van der Waals surface area contributed by atoms with E-state index in [2.05, 4.69) is 10.6 Å². The maximum absolute atomic E-state index is 12.4. The molecule has 0 aliphatic heterocycles. The van der Waals surface area contributed by atoms with Gasteiger partial charge in [0.1, 0.15) is 0 Å². The highest BCUT2D eigenvalue weighted by Crippen LogP contribution is 2.24. The van der Waals surface area contributed by atoms with Crippen molar-refractivity contribution in [3.05, 3.63) is 35.4 Å². The fourth-order valence-corrected chi connectivity index (χ4v) is 2.97. The first-order valence-electron chi connectivity index (χ1n) is 7.88. The molecular weight excluding hydrogens is 296 g/mol. The molecule has 2 atom stereocenters. The maximum Gasteiger partial charge on any atom is 0.308 e. The number of carbonyl (C=O) groups excluding carboxylic acids is 2. The maximum atomic E-state index is 12.4.